The quantitative estimate of drug-likeness (QED) is 0.524. The van der Waals surface area contributed by atoms with E-state index in [9.17, 15) is 27.2 Å². The van der Waals surface area contributed by atoms with Gasteiger partial charge in [-0.25, -0.2) is 17.6 Å². The van der Waals surface area contributed by atoms with Crippen LogP contribution in [0, 0.1) is 23.3 Å². The summed E-state index contributed by atoms with van der Waals surface area (Å²) in [7, 11) is 0. The summed E-state index contributed by atoms with van der Waals surface area (Å²) in [6.45, 7) is 1.54. The van der Waals surface area contributed by atoms with Gasteiger partial charge in [-0.3, -0.25) is 9.59 Å². The normalized spacial score (nSPS) is 10.6. The Kier molecular flexibility index (Phi) is 6.95. The van der Waals surface area contributed by atoms with Crippen molar-refractivity contribution in [3.8, 4) is 0 Å². The van der Waals surface area contributed by atoms with E-state index < -0.39 is 47.3 Å². The van der Waals surface area contributed by atoms with Gasteiger partial charge >= 0.3 is 0 Å². The number of hydrogen-bond acceptors (Lipinski definition) is 2. The van der Waals surface area contributed by atoms with E-state index in [1.165, 1.54) is 11.0 Å². The first kappa shape index (κ1) is 20.9. The third kappa shape index (κ3) is 5.06. The molecule has 4 nitrogen and oxygen atoms in total. The molecule has 0 saturated heterocycles. The van der Waals surface area contributed by atoms with Gasteiger partial charge in [-0.1, -0.05) is 6.92 Å². The molecule has 0 fully saturated rings. The van der Waals surface area contributed by atoms with Crippen LogP contribution in [0.2, 0.25) is 0 Å². The number of rotatable bonds is 6. The Morgan fingerprint density at radius 3 is 2.41 bits per heavy atom. The van der Waals surface area contributed by atoms with E-state index in [0.29, 0.717) is 12.5 Å². The molecule has 9 heteroatoms. The zero-order valence-corrected chi connectivity index (χ0v) is 15.7. The Labute approximate surface area is 161 Å². The van der Waals surface area contributed by atoms with Gasteiger partial charge in [-0.05, 0) is 52.7 Å². The number of hydrogen-bond donors (Lipinski definition) is 1. The van der Waals surface area contributed by atoms with E-state index >= 15 is 0 Å². The second-order valence-electron chi connectivity index (χ2n) is 5.62. The van der Waals surface area contributed by atoms with Crippen molar-refractivity contribution in [1.82, 2.24) is 4.90 Å². The fourth-order valence-electron chi connectivity index (χ4n) is 2.34. The molecule has 2 aromatic carbocycles. The van der Waals surface area contributed by atoms with Crippen LogP contribution in [-0.2, 0) is 4.79 Å². The number of anilines is 1. The highest BCUT2D eigenvalue weighted by atomic mass is 79.9. The van der Waals surface area contributed by atoms with Crippen molar-refractivity contribution >= 4 is 33.4 Å². The second-order valence-corrected chi connectivity index (χ2v) is 6.48. The molecule has 0 radical (unpaired) electrons. The van der Waals surface area contributed by atoms with Gasteiger partial charge in [0.1, 0.15) is 12.4 Å². The van der Waals surface area contributed by atoms with Gasteiger partial charge in [-0.2, -0.15) is 0 Å². The Hall–Kier alpha value is -2.42. The van der Waals surface area contributed by atoms with Gasteiger partial charge in [-0.15, -0.1) is 0 Å². The fraction of sp³-hybridized carbons (Fsp3) is 0.222. The molecule has 0 aliphatic rings. The molecule has 0 heterocycles. The standard InChI is InChI=1S/C18H15BrF4N2O2/c1-2-7-25(18(27)11-4-3-10(20)8-12(11)19)9-15(26)24-14-6-5-13(21)16(22)17(14)23/h3-6,8H,2,7,9H2,1H3,(H,24,26). The smallest absolute Gasteiger partial charge is 0.255 e. The molecule has 27 heavy (non-hydrogen) atoms. The second kappa shape index (κ2) is 8.98. The molecule has 0 aliphatic carbocycles. The van der Waals surface area contributed by atoms with Crippen LogP contribution in [0.1, 0.15) is 23.7 Å². The largest absolute Gasteiger partial charge is 0.329 e. The predicted molar refractivity (Wildman–Crippen MR) is 95.2 cm³/mol. The zero-order valence-electron chi connectivity index (χ0n) is 14.2. The number of benzene rings is 2. The van der Waals surface area contributed by atoms with Gasteiger partial charge in [0.2, 0.25) is 5.91 Å². The Morgan fingerprint density at radius 1 is 1.07 bits per heavy atom. The number of nitrogens with zero attached hydrogens (tertiary/aromatic N) is 1. The van der Waals surface area contributed by atoms with Crippen LogP contribution >= 0.6 is 15.9 Å². The summed E-state index contributed by atoms with van der Waals surface area (Å²) in [4.78, 5) is 26.0. The van der Waals surface area contributed by atoms with Crippen LogP contribution in [-0.4, -0.2) is 29.8 Å². The van der Waals surface area contributed by atoms with Crippen LogP contribution in [0.4, 0.5) is 23.2 Å². The summed E-state index contributed by atoms with van der Waals surface area (Å²) in [6.07, 6.45) is 0.525. The third-order valence-electron chi connectivity index (χ3n) is 3.59. The first-order valence-electron chi connectivity index (χ1n) is 7.92. The number of carbonyl (C=O) groups excluding carboxylic acids is 2. The number of halogens is 5. The van der Waals surface area contributed by atoms with Gasteiger partial charge in [0, 0.05) is 11.0 Å². The third-order valence-corrected chi connectivity index (χ3v) is 4.24. The number of nitrogens with one attached hydrogen (secondary N) is 1. The molecule has 0 spiro atoms. The molecule has 2 rings (SSSR count). The lowest BCUT2D eigenvalue weighted by atomic mass is 10.2. The summed E-state index contributed by atoms with van der Waals surface area (Å²) in [5.41, 5.74) is -0.387. The maximum absolute atomic E-state index is 13.7. The minimum absolute atomic E-state index is 0.150. The van der Waals surface area contributed by atoms with Crippen LogP contribution in [0.25, 0.3) is 0 Å². The molecule has 2 amide bonds. The highest BCUT2D eigenvalue weighted by Gasteiger charge is 2.22. The number of carbonyl (C=O) groups is 2. The highest BCUT2D eigenvalue weighted by molar-refractivity contribution is 9.10. The monoisotopic (exact) mass is 446 g/mol. The van der Waals surface area contributed by atoms with E-state index in [0.717, 1.165) is 18.2 Å². The van der Waals surface area contributed by atoms with Gasteiger partial charge in [0.25, 0.3) is 5.91 Å². The van der Waals surface area contributed by atoms with Crippen molar-refractivity contribution in [1.29, 1.82) is 0 Å². The molecule has 0 aromatic heterocycles. The summed E-state index contributed by atoms with van der Waals surface area (Å²) in [6, 6.07) is 5.07. The molecule has 0 bridgehead atoms. The Morgan fingerprint density at radius 2 is 1.78 bits per heavy atom. The predicted octanol–water partition coefficient (Wildman–Crippen LogP) is 4.50. The lowest BCUT2D eigenvalue weighted by Gasteiger charge is -2.22. The van der Waals surface area contributed by atoms with Crippen LogP contribution in [0.3, 0.4) is 0 Å². The van der Waals surface area contributed by atoms with Crippen LogP contribution < -0.4 is 5.32 Å². The van der Waals surface area contributed by atoms with Crippen molar-refractivity contribution in [2.24, 2.45) is 0 Å². The Bertz CT molecular complexity index is 877. The minimum atomic E-state index is -1.70. The maximum atomic E-state index is 13.7. The van der Waals surface area contributed by atoms with Crippen molar-refractivity contribution in [2.75, 3.05) is 18.4 Å². The first-order valence-corrected chi connectivity index (χ1v) is 8.71. The summed E-state index contributed by atoms with van der Waals surface area (Å²) in [5.74, 6) is -6.48. The van der Waals surface area contributed by atoms with Gasteiger partial charge < -0.3 is 10.2 Å². The molecule has 0 atom stereocenters. The van der Waals surface area contributed by atoms with Crippen molar-refractivity contribution in [2.45, 2.75) is 13.3 Å². The van der Waals surface area contributed by atoms with E-state index in [1.54, 1.807) is 6.92 Å². The van der Waals surface area contributed by atoms with E-state index in [4.69, 9.17) is 0 Å². The molecular formula is C18H15BrF4N2O2. The SMILES string of the molecule is CCCN(CC(=O)Nc1ccc(F)c(F)c1F)C(=O)c1ccc(F)cc1Br. The summed E-state index contributed by atoms with van der Waals surface area (Å²) in [5, 5.41) is 2.11. The highest BCUT2D eigenvalue weighted by Crippen LogP contribution is 2.21. The number of amides is 2. The van der Waals surface area contributed by atoms with E-state index in [-0.39, 0.29) is 16.6 Å². The van der Waals surface area contributed by atoms with Crippen molar-refractivity contribution in [3.05, 3.63) is 63.6 Å². The summed E-state index contributed by atoms with van der Waals surface area (Å²) >= 11 is 3.10. The molecule has 1 N–H and O–H groups in total. The molecule has 144 valence electrons. The minimum Gasteiger partial charge on any atom is -0.329 e. The first-order chi connectivity index (χ1) is 12.7. The van der Waals surface area contributed by atoms with Crippen LogP contribution in [0.5, 0.6) is 0 Å². The van der Waals surface area contributed by atoms with Crippen LogP contribution in [0.15, 0.2) is 34.8 Å². The molecule has 0 aliphatic heterocycles. The molecule has 0 saturated carbocycles. The molecule has 2 aromatic rings. The maximum Gasteiger partial charge on any atom is 0.255 e. The lowest BCUT2D eigenvalue weighted by molar-refractivity contribution is -0.116. The van der Waals surface area contributed by atoms with E-state index in [2.05, 4.69) is 21.2 Å². The lowest BCUT2D eigenvalue weighted by Crippen LogP contribution is -2.38. The zero-order chi connectivity index (χ0) is 20.1. The average Bonchev–Trinajstić information content (AvgIpc) is 2.61. The fourth-order valence-corrected chi connectivity index (χ4v) is 2.86. The topological polar surface area (TPSA) is 49.4 Å². The summed E-state index contributed by atoms with van der Waals surface area (Å²) < 4.78 is 53.3. The molecule has 0 unspecified atom stereocenters. The van der Waals surface area contributed by atoms with E-state index in [1.807, 2.05) is 0 Å². The van der Waals surface area contributed by atoms with Crippen molar-refractivity contribution in [3.63, 3.8) is 0 Å². The van der Waals surface area contributed by atoms with Gasteiger partial charge in [0.05, 0.1) is 11.3 Å². The van der Waals surface area contributed by atoms with Gasteiger partial charge in [0.15, 0.2) is 17.5 Å². The molecular weight excluding hydrogens is 432 g/mol. The average molecular weight is 447 g/mol. The Balaban J connectivity index is 2.16. The van der Waals surface area contributed by atoms with Crippen molar-refractivity contribution < 1.29 is 27.2 Å².